The fraction of sp³-hybridized carbons (Fsp3) is 0.500. The first kappa shape index (κ1) is 14.2. The van der Waals surface area contributed by atoms with E-state index in [1.165, 1.54) is 0 Å². The Morgan fingerprint density at radius 2 is 2.24 bits per heavy atom. The van der Waals surface area contributed by atoms with Gasteiger partial charge in [-0.1, -0.05) is 13.0 Å². The molecule has 1 aromatic heterocycles. The van der Waals surface area contributed by atoms with E-state index >= 15 is 0 Å². The Morgan fingerprint density at radius 1 is 1.38 bits per heavy atom. The minimum absolute atomic E-state index is 0.0181. The van der Waals surface area contributed by atoms with Crippen molar-refractivity contribution in [2.75, 3.05) is 19.8 Å². The van der Waals surface area contributed by atoms with E-state index in [1.54, 1.807) is 10.9 Å². The van der Waals surface area contributed by atoms with E-state index < -0.39 is 0 Å². The molecule has 0 saturated carbocycles. The Balaban J connectivity index is 2.07. The largest absolute Gasteiger partial charge is 0.376 e. The first-order valence-electron chi connectivity index (χ1n) is 7.43. The molecule has 1 saturated heterocycles. The van der Waals surface area contributed by atoms with Crippen LogP contribution in [0.3, 0.4) is 0 Å². The summed E-state index contributed by atoms with van der Waals surface area (Å²) in [5.41, 5.74) is 1.86. The zero-order valence-electron chi connectivity index (χ0n) is 12.4. The van der Waals surface area contributed by atoms with Crippen molar-refractivity contribution in [3.8, 4) is 0 Å². The van der Waals surface area contributed by atoms with Crippen LogP contribution in [0.25, 0.3) is 10.9 Å². The number of hydrogen-bond donors (Lipinski definition) is 0. The molecule has 5 nitrogen and oxygen atoms in total. The molecule has 1 aromatic carbocycles. The van der Waals surface area contributed by atoms with Crippen molar-refractivity contribution in [2.24, 2.45) is 0 Å². The zero-order valence-corrected chi connectivity index (χ0v) is 12.4. The Hall–Kier alpha value is -1.72. The molecule has 2 heterocycles. The second kappa shape index (κ2) is 5.95. The lowest BCUT2D eigenvalue weighted by atomic mass is 10.1. The maximum Gasteiger partial charge on any atom is 0.261 e. The fourth-order valence-electron chi connectivity index (χ4n) is 2.80. The second-order valence-corrected chi connectivity index (χ2v) is 5.26. The Bertz CT molecular complexity index is 695. The Kier molecular flexibility index (Phi) is 4.03. The molecule has 3 rings (SSSR count). The van der Waals surface area contributed by atoms with Gasteiger partial charge in [-0.15, -0.1) is 0 Å². The van der Waals surface area contributed by atoms with Gasteiger partial charge in [-0.25, -0.2) is 4.98 Å². The van der Waals surface area contributed by atoms with Gasteiger partial charge in [-0.2, -0.15) is 0 Å². The number of benzene rings is 1. The lowest BCUT2D eigenvalue weighted by molar-refractivity contribution is 0.0356. The molecule has 5 heteroatoms. The maximum atomic E-state index is 12.7. The van der Waals surface area contributed by atoms with E-state index in [9.17, 15) is 4.79 Å². The summed E-state index contributed by atoms with van der Waals surface area (Å²) in [7, 11) is 0. The van der Waals surface area contributed by atoms with Crippen LogP contribution in [0.15, 0.2) is 29.3 Å². The van der Waals surface area contributed by atoms with Crippen molar-refractivity contribution in [3.63, 3.8) is 0 Å². The number of aryl methyl sites for hydroxylation is 1. The summed E-state index contributed by atoms with van der Waals surface area (Å²) in [4.78, 5) is 17.2. The highest BCUT2D eigenvalue weighted by Crippen LogP contribution is 2.21. The number of ether oxygens (including phenoxy) is 2. The van der Waals surface area contributed by atoms with Crippen molar-refractivity contribution in [2.45, 2.75) is 32.4 Å². The number of aromatic nitrogens is 2. The van der Waals surface area contributed by atoms with Crippen LogP contribution in [0, 0.1) is 0 Å². The Labute approximate surface area is 123 Å². The number of fused-ring (bicyclic) bond motifs is 1. The molecule has 2 aromatic rings. The smallest absolute Gasteiger partial charge is 0.261 e. The van der Waals surface area contributed by atoms with E-state index in [4.69, 9.17) is 9.47 Å². The zero-order chi connectivity index (χ0) is 14.8. The van der Waals surface area contributed by atoms with Gasteiger partial charge in [0.15, 0.2) is 0 Å². The van der Waals surface area contributed by atoms with Crippen molar-refractivity contribution in [1.29, 1.82) is 0 Å². The highest BCUT2D eigenvalue weighted by atomic mass is 16.5. The summed E-state index contributed by atoms with van der Waals surface area (Å²) < 4.78 is 12.8. The van der Waals surface area contributed by atoms with Crippen LogP contribution < -0.4 is 5.56 Å². The third-order valence-corrected chi connectivity index (χ3v) is 3.99. The monoisotopic (exact) mass is 288 g/mol. The predicted octanol–water partition coefficient (Wildman–Crippen LogP) is 1.94. The highest BCUT2D eigenvalue weighted by Gasteiger charge is 2.31. The third kappa shape index (κ3) is 2.59. The van der Waals surface area contributed by atoms with Crippen molar-refractivity contribution < 1.29 is 9.47 Å². The van der Waals surface area contributed by atoms with Gasteiger partial charge in [-0.05, 0) is 31.0 Å². The van der Waals surface area contributed by atoms with E-state index in [2.05, 4.69) is 11.9 Å². The summed E-state index contributed by atoms with van der Waals surface area (Å²) >= 11 is 0. The highest BCUT2D eigenvalue weighted by molar-refractivity contribution is 5.78. The third-order valence-electron chi connectivity index (χ3n) is 3.99. The molecule has 2 atom stereocenters. The molecule has 0 bridgehead atoms. The Morgan fingerprint density at radius 3 is 3.00 bits per heavy atom. The van der Waals surface area contributed by atoms with Gasteiger partial charge in [0, 0.05) is 6.61 Å². The number of hydrogen-bond acceptors (Lipinski definition) is 4. The van der Waals surface area contributed by atoms with Crippen LogP contribution in [0.1, 0.15) is 25.5 Å². The number of rotatable bonds is 4. The second-order valence-electron chi connectivity index (χ2n) is 5.26. The van der Waals surface area contributed by atoms with Gasteiger partial charge in [0.2, 0.25) is 0 Å². The topological polar surface area (TPSA) is 53.4 Å². The van der Waals surface area contributed by atoms with Gasteiger partial charge < -0.3 is 9.47 Å². The lowest BCUT2D eigenvalue weighted by Gasteiger charge is -2.19. The average Bonchev–Trinajstić information content (AvgIpc) is 2.96. The minimum Gasteiger partial charge on any atom is -0.376 e. The van der Waals surface area contributed by atoms with Crippen LogP contribution in [0.2, 0.25) is 0 Å². The van der Waals surface area contributed by atoms with E-state index in [1.807, 2.05) is 25.1 Å². The van der Waals surface area contributed by atoms with E-state index in [-0.39, 0.29) is 17.7 Å². The molecule has 1 fully saturated rings. The molecule has 112 valence electrons. The molecular formula is C16H20N2O3. The van der Waals surface area contributed by atoms with Crippen LogP contribution in [-0.4, -0.2) is 35.5 Å². The van der Waals surface area contributed by atoms with E-state index in [0.29, 0.717) is 25.2 Å². The molecule has 1 aliphatic rings. The van der Waals surface area contributed by atoms with Crippen molar-refractivity contribution in [3.05, 3.63) is 40.4 Å². The normalized spacial score (nSPS) is 22.0. The fourth-order valence-corrected chi connectivity index (χ4v) is 2.80. The predicted molar refractivity (Wildman–Crippen MR) is 80.7 cm³/mol. The molecule has 1 aliphatic heterocycles. The van der Waals surface area contributed by atoms with Gasteiger partial charge in [-0.3, -0.25) is 9.36 Å². The number of nitrogens with zero attached hydrogens (tertiary/aromatic N) is 2. The summed E-state index contributed by atoms with van der Waals surface area (Å²) in [6.45, 7) is 5.65. The average molecular weight is 288 g/mol. The van der Waals surface area contributed by atoms with Crippen molar-refractivity contribution in [1.82, 2.24) is 9.55 Å². The summed E-state index contributed by atoms with van der Waals surface area (Å²) in [6.07, 6.45) is 2.43. The summed E-state index contributed by atoms with van der Waals surface area (Å²) in [6, 6.07) is 5.76. The van der Waals surface area contributed by atoms with Gasteiger partial charge in [0.1, 0.15) is 6.10 Å². The van der Waals surface area contributed by atoms with Gasteiger partial charge in [0.05, 0.1) is 36.5 Å². The molecule has 0 spiro atoms. The van der Waals surface area contributed by atoms with Crippen LogP contribution >= 0.6 is 0 Å². The summed E-state index contributed by atoms with van der Waals surface area (Å²) in [5.74, 6) is 0. The molecule has 0 unspecified atom stereocenters. The molecule has 0 radical (unpaired) electrons. The van der Waals surface area contributed by atoms with Crippen molar-refractivity contribution >= 4 is 10.9 Å². The first-order chi connectivity index (χ1) is 10.2. The quantitative estimate of drug-likeness (QED) is 0.862. The molecule has 0 N–H and O–H groups in total. The van der Waals surface area contributed by atoms with Gasteiger partial charge >= 0.3 is 0 Å². The molecule has 0 amide bonds. The maximum absolute atomic E-state index is 12.7. The van der Waals surface area contributed by atoms with E-state index in [0.717, 1.165) is 17.5 Å². The summed E-state index contributed by atoms with van der Waals surface area (Å²) in [5, 5.41) is 0.666. The standard InChI is InChI=1S/C16H20N2O3/c1-3-11-5-6-13-12(7-11)16(19)18(10-17-13)14-8-20-9-15(14)21-4-2/h5-7,10,14-15H,3-4,8-9H2,1-2H3/t14-,15-/m0/s1. The van der Waals surface area contributed by atoms with Crippen LogP contribution in [0.4, 0.5) is 0 Å². The first-order valence-corrected chi connectivity index (χ1v) is 7.43. The molecule has 0 aliphatic carbocycles. The van der Waals surface area contributed by atoms with Crippen LogP contribution in [-0.2, 0) is 15.9 Å². The van der Waals surface area contributed by atoms with Gasteiger partial charge in [0.25, 0.3) is 5.56 Å². The minimum atomic E-state index is -0.0976. The van der Waals surface area contributed by atoms with Crippen LogP contribution in [0.5, 0.6) is 0 Å². The SMILES string of the molecule is CCO[C@H]1COC[C@@H]1n1cnc2ccc(CC)cc2c1=O. The molecule has 21 heavy (non-hydrogen) atoms. The lowest BCUT2D eigenvalue weighted by Crippen LogP contribution is -2.33. The molecular weight excluding hydrogens is 268 g/mol.